The molecular weight excluding hydrogens is 190 g/mol. The molecule has 1 unspecified atom stereocenters. The molecular formula is C11H17N3O. The number of anilines is 1. The lowest BCUT2D eigenvalue weighted by atomic mass is 10.2. The first-order valence-corrected chi connectivity index (χ1v) is 4.83. The van der Waals surface area contributed by atoms with E-state index in [0.717, 1.165) is 5.69 Å². The summed E-state index contributed by atoms with van der Waals surface area (Å²) < 4.78 is 0. The molecule has 0 heterocycles. The first kappa shape index (κ1) is 11.5. The van der Waals surface area contributed by atoms with Crippen LogP contribution >= 0.6 is 0 Å². The van der Waals surface area contributed by atoms with Crippen molar-refractivity contribution in [3.63, 3.8) is 0 Å². The fourth-order valence-electron chi connectivity index (χ4n) is 1.29. The molecule has 0 aliphatic rings. The second-order valence-electron chi connectivity index (χ2n) is 3.72. The van der Waals surface area contributed by atoms with Crippen LogP contribution in [0.3, 0.4) is 0 Å². The summed E-state index contributed by atoms with van der Waals surface area (Å²) >= 11 is 0. The molecule has 15 heavy (non-hydrogen) atoms. The van der Waals surface area contributed by atoms with Gasteiger partial charge < -0.3 is 16.4 Å². The number of nitrogens with zero attached hydrogens (tertiary/aromatic N) is 1. The lowest BCUT2D eigenvalue weighted by Crippen LogP contribution is -2.44. The molecule has 0 bridgehead atoms. The van der Waals surface area contributed by atoms with Gasteiger partial charge in [0.2, 0.25) is 5.91 Å². The van der Waals surface area contributed by atoms with E-state index in [-0.39, 0.29) is 0 Å². The normalized spacial score (nSPS) is 12.2. The van der Waals surface area contributed by atoms with Gasteiger partial charge in [0, 0.05) is 19.3 Å². The highest BCUT2D eigenvalue weighted by molar-refractivity contribution is 5.80. The van der Waals surface area contributed by atoms with Crippen LogP contribution in [-0.4, -0.2) is 25.5 Å². The number of hydrogen-bond donors (Lipinski definition) is 2. The fraction of sp³-hybridized carbons (Fsp3) is 0.364. The largest absolute Gasteiger partial charge is 0.373 e. The maximum Gasteiger partial charge on any atom is 0.236 e. The molecule has 82 valence electrons. The van der Waals surface area contributed by atoms with Crippen molar-refractivity contribution in [2.45, 2.75) is 13.0 Å². The SMILES string of the molecule is Cc1ccc(N(C)CC(N)C(N)=O)cc1. The Hall–Kier alpha value is -1.55. The molecule has 1 aromatic rings. The molecule has 4 nitrogen and oxygen atoms in total. The number of nitrogens with two attached hydrogens (primary N) is 2. The lowest BCUT2D eigenvalue weighted by molar-refractivity contribution is -0.119. The van der Waals surface area contributed by atoms with Gasteiger partial charge in [-0.15, -0.1) is 0 Å². The molecule has 0 aromatic heterocycles. The third-order valence-electron chi connectivity index (χ3n) is 2.31. The van der Waals surface area contributed by atoms with Crippen LogP contribution in [0.2, 0.25) is 0 Å². The molecule has 1 aromatic carbocycles. The van der Waals surface area contributed by atoms with Gasteiger partial charge in [-0.05, 0) is 19.1 Å². The van der Waals surface area contributed by atoms with E-state index in [0.29, 0.717) is 6.54 Å². The average Bonchev–Trinajstić information content (AvgIpc) is 2.18. The second kappa shape index (κ2) is 4.79. The summed E-state index contributed by atoms with van der Waals surface area (Å²) in [6.07, 6.45) is 0. The summed E-state index contributed by atoms with van der Waals surface area (Å²) in [5.41, 5.74) is 12.9. The topological polar surface area (TPSA) is 72.3 Å². The molecule has 0 fully saturated rings. The standard InChI is InChI=1S/C11H17N3O/c1-8-3-5-9(6-4-8)14(2)7-10(12)11(13)15/h3-6,10H,7,12H2,1-2H3,(H2,13,15). The number of carbonyl (C=O) groups is 1. The van der Waals surface area contributed by atoms with Gasteiger partial charge in [-0.2, -0.15) is 0 Å². The summed E-state index contributed by atoms with van der Waals surface area (Å²) in [6.45, 7) is 2.46. The Balaban J connectivity index is 2.64. The molecule has 0 saturated heterocycles. The summed E-state index contributed by atoms with van der Waals surface area (Å²) in [5, 5.41) is 0. The predicted molar refractivity (Wildman–Crippen MR) is 61.6 cm³/mol. The number of primary amides is 1. The number of aryl methyl sites for hydroxylation is 1. The summed E-state index contributed by atoms with van der Waals surface area (Å²) in [4.78, 5) is 12.7. The molecule has 0 aliphatic heterocycles. The highest BCUT2D eigenvalue weighted by Crippen LogP contribution is 2.13. The minimum Gasteiger partial charge on any atom is -0.373 e. The summed E-state index contributed by atoms with van der Waals surface area (Å²) in [7, 11) is 1.88. The van der Waals surface area contributed by atoms with Crippen LogP contribution < -0.4 is 16.4 Å². The summed E-state index contributed by atoms with van der Waals surface area (Å²) in [6, 6.07) is 7.38. The Bertz CT molecular complexity index is 334. The van der Waals surface area contributed by atoms with Crippen molar-refractivity contribution in [2.75, 3.05) is 18.5 Å². The van der Waals surface area contributed by atoms with Crippen molar-refractivity contribution in [1.82, 2.24) is 0 Å². The van der Waals surface area contributed by atoms with E-state index >= 15 is 0 Å². The van der Waals surface area contributed by atoms with Gasteiger partial charge in [0.05, 0.1) is 0 Å². The molecule has 4 heteroatoms. The zero-order valence-electron chi connectivity index (χ0n) is 9.10. The van der Waals surface area contributed by atoms with E-state index in [1.165, 1.54) is 5.56 Å². The highest BCUT2D eigenvalue weighted by atomic mass is 16.1. The maximum atomic E-state index is 10.8. The first-order chi connectivity index (χ1) is 7.00. The minimum atomic E-state index is -0.628. The number of amides is 1. The van der Waals surface area contributed by atoms with Gasteiger partial charge in [0.25, 0.3) is 0 Å². The van der Waals surface area contributed by atoms with E-state index in [2.05, 4.69) is 0 Å². The van der Waals surface area contributed by atoms with E-state index in [1.54, 1.807) is 0 Å². The van der Waals surface area contributed by atoms with Crippen molar-refractivity contribution >= 4 is 11.6 Å². The van der Waals surface area contributed by atoms with Gasteiger partial charge in [-0.3, -0.25) is 4.79 Å². The molecule has 1 atom stereocenters. The fourth-order valence-corrected chi connectivity index (χ4v) is 1.29. The van der Waals surface area contributed by atoms with Gasteiger partial charge in [-0.25, -0.2) is 0 Å². The Morgan fingerprint density at radius 3 is 2.40 bits per heavy atom. The van der Waals surface area contributed by atoms with Gasteiger partial charge in [0.1, 0.15) is 6.04 Å². The van der Waals surface area contributed by atoms with Crippen LogP contribution in [0.25, 0.3) is 0 Å². The molecule has 0 radical (unpaired) electrons. The monoisotopic (exact) mass is 207 g/mol. The zero-order chi connectivity index (χ0) is 11.4. The zero-order valence-corrected chi connectivity index (χ0v) is 9.10. The first-order valence-electron chi connectivity index (χ1n) is 4.83. The smallest absolute Gasteiger partial charge is 0.236 e. The van der Waals surface area contributed by atoms with Crippen LogP contribution in [0.15, 0.2) is 24.3 Å². The van der Waals surface area contributed by atoms with Crippen LogP contribution in [-0.2, 0) is 4.79 Å². The Labute approximate surface area is 89.9 Å². The molecule has 1 rings (SSSR count). The Kier molecular flexibility index (Phi) is 3.68. The van der Waals surface area contributed by atoms with E-state index < -0.39 is 11.9 Å². The maximum absolute atomic E-state index is 10.8. The number of rotatable bonds is 4. The van der Waals surface area contributed by atoms with Crippen LogP contribution in [0.1, 0.15) is 5.56 Å². The lowest BCUT2D eigenvalue weighted by Gasteiger charge is -2.21. The molecule has 0 saturated carbocycles. The third kappa shape index (κ3) is 3.25. The predicted octanol–water partition coefficient (Wildman–Crippen LogP) is 0.244. The quantitative estimate of drug-likeness (QED) is 0.743. The van der Waals surface area contributed by atoms with E-state index in [1.807, 2.05) is 43.1 Å². The van der Waals surface area contributed by atoms with Crippen LogP contribution in [0.4, 0.5) is 5.69 Å². The molecule has 0 spiro atoms. The van der Waals surface area contributed by atoms with Gasteiger partial charge in [-0.1, -0.05) is 17.7 Å². The van der Waals surface area contributed by atoms with Crippen molar-refractivity contribution in [3.8, 4) is 0 Å². The number of hydrogen-bond acceptors (Lipinski definition) is 3. The third-order valence-corrected chi connectivity index (χ3v) is 2.31. The average molecular weight is 207 g/mol. The van der Waals surface area contributed by atoms with Crippen molar-refractivity contribution in [1.29, 1.82) is 0 Å². The summed E-state index contributed by atoms with van der Waals surface area (Å²) in [5.74, 6) is -0.478. The minimum absolute atomic E-state index is 0.429. The van der Waals surface area contributed by atoms with Crippen LogP contribution in [0, 0.1) is 6.92 Å². The second-order valence-corrected chi connectivity index (χ2v) is 3.72. The van der Waals surface area contributed by atoms with Gasteiger partial charge in [0.15, 0.2) is 0 Å². The highest BCUT2D eigenvalue weighted by Gasteiger charge is 2.12. The number of carbonyl (C=O) groups excluding carboxylic acids is 1. The molecule has 1 amide bonds. The van der Waals surface area contributed by atoms with E-state index in [9.17, 15) is 4.79 Å². The van der Waals surface area contributed by atoms with Crippen molar-refractivity contribution < 1.29 is 4.79 Å². The molecule has 0 aliphatic carbocycles. The van der Waals surface area contributed by atoms with Crippen LogP contribution in [0.5, 0.6) is 0 Å². The van der Waals surface area contributed by atoms with Crippen molar-refractivity contribution in [2.24, 2.45) is 11.5 Å². The Morgan fingerprint density at radius 2 is 1.93 bits per heavy atom. The molecule has 4 N–H and O–H groups in total. The Morgan fingerprint density at radius 1 is 1.40 bits per heavy atom. The number of likely N-dealkylation sites (N-methyl/N-ethyl adjacent to an activating group) is 1. The number of benzene rings is 1. The van der Waals surface area contributed by atoms with Gasteiger partial charge >= 0.3 is 0 Å². The van der Waals surface area contributed by atoms with Crippen molar-refractivity contribution in [3.05, 3.63) is 29.8 Å². The van der Waals surface area contributed by atoms with E-state index in [4.69, 9.17) is 11.5 Å².